The van der Waals surface area contributed by atoms with E-state index in [1.807, 2.05) is 6.07 Å². The second-order valence-corrected chi connectivity index (χ2v) is 7.70. The number of hydrogen-bond acceptors (Lipinski definition) is 2. The maximum Gasteiger partial charge on any atom is 0.0412 e. The fourth-order valence-corrected chi connectivity index (χ4v) is 2.75. The first-order valence-electron chi connectivity index (χ1n) is 8.17. The van der Waals surface area contributed by atoms with E-state index >= 15 is 0 Å². The van der Waals surface area contributed by atoms with E-state index in [9.17, 15) is 0 Å². The van der Waals surface area contributed by atoms with Gasteiger partial charge in [-0.1, -0.05) is 18.5 Å². The molecule has 118 valence electrons. The van der Waals surface area contributed by atoms with Crippen LogP contribution in [0.1, 0.15) is 52.5 Å². The van der Waals surface area contributed by atoms with Gasteiger partial charge >= 0.3 is 0 Å². The van der Waals surface area contributed by atoms with Crippen LogP contribution < -0.4 is 10.2 Å². The molecule has 0 saturated heterocycles. The summed E-state index contributed by atoms with van der Waals surface area (Å²) < 4.78 is 0. The normalized spacial score (nSPS) is 15.3. The monoisotopic (exact) mass is 308 g/mol. The summed E-state index contributed by atoms with van der Waals surface area (Å²) in [6, 6.07) is 6.33. The molecule has 1 N–H and O–H groups in total. The largest absolute Gasteiger partial charge is 0.371 e. The summed E-state index contributed by atoms with van der Waals surface area (Å²) >= 11 is 6.22. The van der Waals surface area contributed by atoms with Crippen LogP contribution in [0.15, 0.2) is 18.2 Å². The Balaban J connectivity index is 2.18. The van der Waals surface area contributed by atoms with Gasteiger partial charge in [0.25, 0.3) is 0 Å². The fraction of sp³-hybridized carbons (Fsp3) is 0.667. The van der Waals surface area contributed by atoms with Crippen LogP contribution in [-0.2, 0) is 6.54 Å². The summed E-state index contributed by atoms with van der Waals surface area (Å²) in [6.07, 6.45) is 3.97. The average Bonchev–Trinajstić information content (AvgIpc) is 3.19. The number of benzene rings is 1. The second-order valence-electron chi connectivity index (χ2n) is 7.27. The van der Waals surface area contributed by atoms with Crippen LogP contribution in [0.4, 0.5) is 5.69 Å². The van der Waals surface area contributed by atoms with Crippen LogP contribution in [0.3, 0.4) is 0 Å². The molecule has 21 heavy (non-hydrogen) atoms. The zero-order valence-corrected chi connectivity index (χ0v) is 14.6. The van der Waals surface area contributed by atoms with Crippen LogP contribution in [0.25, 0.3) is 0 Å². The Kier molecular flexibility index (Phi) is 5.56. The third-order valence-corrected chi connectivity index (χ3v) is 4.10. The molecule has 1 saturated carbocycles. The number of halogens is 1. The van der Waals surface area contributed by atoms with Crippen molar-refractivity contribution >= 4 is 17.3 Å². The molecule has 0 amide bonds. The summed E-state index contributed by atoms with van der Waals surface area (Å²) in [4.78, 5) is 2.55. The molecule has 0 spiro atoms. The van der Waals surface area contributed by atoms with Gasteiger partial charge in [-0.15, -0.1) is 0 Å². The Bertz CT molecular complexity index is 461. The molecule has 2 nitrogen and oxygen atoms in total. The minimum Gasteiger partial charge on any atom is -0.371 e. The molecule has 0 radical (unpaired) electrons. The highest BCUT2D eigenvalue weighted by molar-refractivity contribution is 6.30. The van der Waals surface area contributed by atoms with Crippen LogP contribution in [0.2, 0.25) is 5.02 Å². The third kappa shape index (κ3) is 5.52. The van der Waals surface area contributed by atoms with Gasteiger partial charge in [-0.3, -0.25) is 0 Å². The lowest BCUT2D eigenvalue weighted by Gasteiger charge is -2.29. The zero-order valence-electron chi connectivity index (χ0n) is 13.9. The Morgan fingerprint density at radius 1 is 1.29 bits per heavy atom. The van der Waals surface area contributed by atoms with E-state index < -0.39 is 0 Å². The van der Waals surface area contributed by atoms with Gasteiger partial charge in [0.05, 0.1) is 0 Å². The van der Waals surface area contributed by atoms with E-state index in [1.165, 1.54) is 37.1 Å². The zero-order chi connectivity index (χ0) is 15.5. The van der Waals surface area contributed by atoms with E-state index in [-0.39, 0.29) is 5.54 Å². The third-order valence-electron chi connectivity index (χ3n) is 3.86. The molecule has 2 rings (SSSR count). The van der Waals surface area contributed by atoms with Gasteiger partial charge in [0.2, 0.25) is 0 Å². The minimum absolute atomic E-state index is 0.117. The lowest BCUT2D eigenvalue weighted by molar-refractivity contribution is 0.424. The van der Waals surface area contributed by atoms with Crippen molar-refractivity contribution in [2.45, 2.75) is 59.0 Å². The van der Waals surface area contributed by atoms with Gasteiger partial charge < -0.3 is 10.2 Å². The van der Waals surface area contributed by atoms with E-state index in [0.29, 0.717) is 0 Å². The van der Waals surface area contributed by atoms with Gasteiger partial charge in [0.15, 0.2) is 0 Å². The van der Waals surface area contributed by atoms with Crippen molar-refractivity contribution < 1.29 is 0 Å². The average molecular weight is 309 g/mol. The molecule has 0 bridgehead atoms. The molecular weight excluding hydrogens is 280 g/mol. The molecule has 0 unspecified atom stereocenters. The SMILES string of the molecule is CCCN(CC1CC1)c1ccc(Cl)cc1CNC(C)(C)C. The Hall–Kier alpha value is -0.730. The summed E-state index contributed by atoms with van der Waals surface area (Å²) in [7, 11) is 0. The fourth-order valence-electron chi connectivity index (χ4n) is 2.56. The number of anilines is 1. The predicted molar refractivity (Wildman–Crippen MR) is 93.3 cm³/mol. The number of hydrogen-bond donors (Lipinski definition) is 1. The standard InChI is InChI=1S/C18H29ClN2/c1-5-10-21(13-14-6-7-14)17-9-8-16(19)11-15(17)12-20-18(2,3)4/h8-9,11,14,20H,5-7,10,12-13H2,1-4H3. The van der Waals surface area contributed by atoms with Gasteiger partial charge in [0.1, 0.15) is 0 Å². The molecule has 1 aliphatic rings. The molecule has 1 aromatic rings. The molecule has 3 heteroatoms. The van der Waals surface area contributed by atoms with Gasteiger partial charge in [-0.2, -0.15) is 0 Å². The van der Waals surface area contributed by atoms with Crippen LogP contribution >= 0.6 is 11.6 Å². The second kappa shape index (κ2) is 7.02. The molecule has 0 atom stereocenters. The van der Waals surface area contributed by atoms with Crippen molar-refractivity contribution in [1.82, 2.24) is 5.32 Å². The van der Waals surface area contributed by atoms with Crippen molar-refractivity contribution in [3.63, 3.8) is 0 Å². The van der Waals surface area contributed by atoms with Crippen molar-refractivity contribution in [3.8, 4) is 0 Å². The highest BCUT2D eigenvalue weighted by atomic mass is 35.5. The van der Waals surface area contributed by atoms with Gasteiger partial charge in [-0.05, 0) is 69.7 Å². The first-order chi connectivity index (χ1) is 9.89. The summed E-state index contributed by atoms with van der Waals surface area (Å²) in [5.41, 5.74) is 2.78. The lowest BCUT2D eigenvalue weighted by Crippen LogP contribution is -2.36. The summed E-state index contributed by atoms with van der Waals surface area (Å²) in [5.74, 6) is 0.899. The maximum absolute atomic E-state index is 6.22. The summed E-state index contributed by atoms with van der Waals surface area (Å²) in [6.45, 7) is 12.0. The van der Waals surface area contributed by atoms with Crippen molar-refractivity contribution in [3.05, 3.63) is 28.8 Å². The highest BCUT2D eigenvalue weighted by Gasteiger charge is 2.25. The molecule has 1 aromatic carbocycles. The Morgan fingerprint density at radius 3 is 2.57 bits per heavy atom. The van der Waals surface area contributed by atoms with Gasteiger partial charge in [-0.25, -0.2) is 0 Å². The smallest absolute Gasteiger partial charge is 0.0412 e. The first-order valence-corrected chi connectivity index (χ1v) is 8.55. The van der Waals surface area contributed by atoms with Crippen LogP contribution in [0, 0.1) is 5.92 Å². The van der Waals surface area contributed by atoms with E-state index in [2.05, 4.69) is 50.0 Å². The van der Waals surface area contributed by atoms with E-state index in [4.69, 9.17) is 11.6 Å². The van der Waals surface area contributed by atoms with Crippen molar-refractivity contribution in [2.75, 3.05) is 18.0 Å². The highest BCUT2D eigenvalue weighted by Crippen LogP contribution is 2.33. The molecular formula is C18H29ClN2. The molecule has 0 aliphatic heterocycles. The Morgan fingerprint density at radius 2 is 2.00 bits per heavy atom. The van der Waals surface area contributed by atoms with Crippen molar-refractivity contribution in [2.24, 2.45) is 5.92 Å². The maximum atomic E-state index is 6.22. The van der Waals surface area contributed by atoms with Crippen LogP contribution in [-0.4, -0.2) is 18.6 Å². The number of nitrogens with zero attached hydrogens (tertiary/aromatic N) is 1. The van der Waals surface area contributed by atoms with E-state index in [1.54, 1.807) is 0 Å². The first kappa shape index (κ1) is 16.6. The topological polar surface area (TPSA) is 15.3 Å². The molecule has 0 heterocycles. The van der Waals surface area contributed by atoms with Crippen molar-refractivity contribution in [1.29, 1.82) is 0 Å². The number of rotatable bonds is 7. The molecule has 1 aliphatic carbocycles. The molecule has 1 fully saturated rings. The predicted octanol–water partition coefficient (Wildman–Crippen LogP) is 4.85. The Labute approximate surface area is 134 Å². The quantitative estimate of drug-likeness (QED) is 0.774. The minimum atomic E-state index is 0.117. The molecule has 0 aromatic heterocycles. The van der Waals surface area contributed by atoms with Gasteiger partial charge in [0, 0.05) is 35.9 Å². The van der Waals surface area contributed by atoms with Crippen LogP contribution in [0.5, 0.6) is 0 Å². The number of nitrogens with one attached hydrogen (secondary N) is 1. The lowest BCUT2D eigenvalue weighted by atomic mass is 10.1. The van der Waals surface area contributed by atoms with E-state index in [0.717, 1.165) is 24.0 Å². The summed E-state index contributed by atoms with van der Waals surface area (Å²) in [5, 5.41) is 4.41.